The van der Waals surface area contributed by atoms with Crippen LogP contribution in [0.25, 0.3) is 11.0 Å². The van der Waals surface area contributed by atoms with E-state index in [-0.39, 0.29) is 41.1 Å². The van der Waals surface area contributed by atoms with Crippen molar-refractivity contribution in [3.05, 3.63) is 48.7 Å². The number of hydrogen-bond donors (Lipinski definition) is 0. The molecule has 1 aromatic carbocycles. The Morgan fingerprint density at radius 1 is 0.974 bits per heavy atom. The summed E-state index contributed by atoms with van der Waals surface area (Å²) in [6.07, 6.45) is 5.36. The van der Waals surface area contributed by atoms with E-state index in [0.29, 0.717) is 30.5 Å². The van der Waals surface area contributed by atoms with Gasteiger partial charge in [-0.25, -0.2) is 13.4 Å². The molecule has 0 aliphatic heterocycles. The van der Waals surface area contributed by atoms with Gasteiger partial charge in [-0.3, -0.25) is 4.79 Å². The summed E-state index contributed by atoms with van der Waals surface area (Å²) >= 11 is 0. The zero-order chi connectivity index (χ0) is 28.2. The van der Waals surface area contributed by atoms with Crippen molar-refractivity contribution >= 4 is 26.9 Å². The van der Waals surface area contributed by atoms with Crippen LogP contribution in [0.1, 0.15) is 73.5 Å². The summed E-state index contributed by atoms with van der Waals surface area (Å²) in [6.45, 7) is 17.6. The van der Waals surface area contributed by atoms with Crippen molar-refractivity contribution in [2.75, 3.05) is 13.1 Å². The second-order valence-corrected chi connectivity index (χ2v) is 13.6. The van der Waals surface area contributed by atoms with Gasteiger partial charge in [0.25, 0.3) is 0 Å². The van der Waals surface area contributed by atoms with Crippen LogP contribution in [0.5, 0.6) is 0 Å². The third-order valence-electron chi connectivity index (χ3n) is 6.46. The highest BCUT2D eigenvalue weighted by Gasteiger charge is 2.39. The monoisotopic (exact) mass is 544 g/mol. The minimum absolute atomic E-state index is 0.0459. The lowest BCUT2D eigenvalue weighted by Gasteiger charge is -2.36. The SMILES string of the molecule is CC(C)C[C@@H](C(=O)N(CC(C)C)CC(C)C)N(Cc1cncn1C(C)C)S(=O)(=O)c1ccc2occc2c1. The molecule has 1 atom stereocenters. The highest BCUT2D eigenvalue weighted by atomic mass is 32.2. The van der Waals surface area contributed by atoms with Gasteiger partial charge in [-0.2, -0.15) is 4.31 Å². The molecule has 0 radical (unpaired) electrons. The summed E-state index contributed by atoms with van der Waals surface area (Å²) in [7, 11) is -4.07. The molecule has 38 heavy (non-hydrogen) atoms. The standard InChI is InChI=1S/C29H44N4O4S/c1-20(2)13-27(29(34)31(16-21(3)4)17-22(5)6)33(18-25-15-30-19-32(25)23(7)8)38(35,36)26-9-10-28-24(14-26)11-12-37-28/h9-12,14-15,19-23,27H,13,16-18H2,1-8H3/t27-/m0/s1. The summed E-state index contributed by atoms with van der Waals surface area (Å²) in [5, 5.41) is 0.700. The van der Waals surface area contributed by atoms with E-state index in [1.54, 1.807) is 43.1 Å². The first kappa shape index (κ1) is 29.9. The minimum atomic E-state index is -4.07. The molecule has 0 N–H and O–H groups in total. The van der Waals surface area contributed by atoms with Gasteiger partial charge in [-0.1, -0.05) is 41.5 Å². The number of benzene rings is 1. The van der Waals surface area contributed by atoms with Crippen LogP contribution >= 0.6 is 0 Å². The molecule has 0 spiro atoms. The van der Waals surface area contributed by atoms with Gasteiger partial charge in [0.05, 0.1) is 29.7 Å². The maximum Gasteiger partial charge on any atom is 0.244 e. The molecule has 0 aliphatic rings. The Morgan fingerprint density at radius 2 is 1.63 bits per heavy atom. The predicted molar refractivity (Wildman–Crippen MR) is 151 cm³/mol. The van der Waals surface area contributed by atoms with Gasteiger partial charge in [0, 0.05) is 30.7 Å². The molecule has 0 unspecified atom stereocenters. The van der Waals surface area contributed by atoms with E-state index < -0.39 is 16.1 Å². The Kier molecular flexibility index (Phi) is 9.81. The van der Waals surface area contributed by atoms with Gasteiger partial charge in [-0.05, 0) is 62.3 Å². The topological polar surface area (TPSA) is 88.7 Å². The molecule has 9 heteroatoms. The zero-order valence-electron chi connectivity index (χ0n) is 24.1. The average Bonchev–Trinajstić information content (AvgIpc) is 3.48. The van der Waals surface area contributed by atoms with Crippen molar-refractivity contribution in [2.24, 2.45) is 17.8 Å². The number of fused-ring (bicyclic) bond motifs is 1. The second kappa shape index (κ2) is 12.5. The van der Waals surface area contributed by atoms with E-state index in [1.807, 2.05) is 37.2 Å². The summed E-state index contributed by atoms with van der Waals surface area (Å²) in [4.78, 5) is 20.6. The van der Waals surface area contributed by atoms with Gasteiger partial charge in [0.1, 0.15) is 11.6 Å². The van der Waals surface area contributed by atoms with Crippen molar-refractivity contribution in [3.8, 4) is 0 Å². The molecule has 1 amide bonds. The maximum atomic E-state index is 14.4. The van der Waals surface area contributed by atoms with Gasteiger partial charge >= 0.3 is 0 Å². The first-order chi connectivity index (χ1) is 17.8. The van der Waals surface area contributed by atoms with E-state index in [0.717, 1.165) is 5.69 Å². The normalized spacial score (nSPS) is 13.5. The number of nitrogens with zero attached hydrogens (tertiary/aromatic N) is 4. The molecule has 2 aromatic heterocycles. The largest absolute Gasteiger partial charge is 0.464 e. The van der Waals surface area contributed by atoms with Crippen molar-refractivity contribution in [3.63, 3.8) is 0 Å². The van der Waals surface area contributed by atoms with Crippen LogP contribution < -0.4 is 0 Å². The number of furan rings is 1. The van der Waals surface area contributed by atoms with Gasteiger partial charge in [0.15, 0.2) is 0 Å². The number of sulfonamides is 1. The second-order valence-electron chi connectivity index (χ2n) is 11.7. The number of rotatable bonds is 13. The predicted octanol–water partition coefficient (Wildman–Crippen LogP) is 5.96. The molecule has 0 saturated heterocycles. The molecule has 2 heterocycles. The summed E-state index contributed by atoms with van der Waals surface area (Å²) in [5.74, 6) is 0.472. The van der Waals surface area contributed by atoms with E-state index >= 15 is 0 Å². The lowest BCUT2D eigenvalue weighted by atomic mass is 10.0. The van der Waals surface area contributed by atoms with Crippen LogP contribution in [0, 0.1) is 17.8 Å². The van der Waals surface area contributed by atoms with Gasteiger partial charge in [0.2, 0.25) is 15.9 Å². The van der Waals surface area contributed by atoms with Crippen molar-refractivity contribution < 1.29 is 17.6 Å². The number of carbonyl (C=O) groups excluding carboxylic acids is 1. The number of carbonyl (C=O) groups is 1. The highest BCUT2D eigenvalue weighted by Crippen LogP contribution is 2.29. The molecule has 210 valence electrons. The van der Waals surface area contributed by atoms with Crippen LogP contribution in [0.4, 0.5) is 0 Å². The van der Waals surface area contributed by atoms with Crippen molar-refractivity contribution in [2.45, 2.75) is 85.3 Å². The molecule has 0 bridgehead atoms. The fourth-order valence-corrected chi connectivity index (χ4v) is 6.42. The fourth-order valence-electron chi connectivity index (χ4n) is 4.82. The molecule has 3 rings (SSSR count). The summed E-state index contributed by atoms with van der Waals surface area (Å²) in [5.41, 5.74) is 1.36. The lowest BCUT2D eigenvalue weighted by molar-refractivity contribution is -0.137. The maximum absolute atomic E-state index is 14.4. The molecular formula is C29H44N4O4S. The van der Waals surface area contributed by atoms with E-state index in [1.165, 1.54) is 4.31 Å². The Hall–Kier alpha value is -2.65. The first-order valence-electron chi connectivity index (χ1n) is 13.6. The Labute approximate surface area is 228 Å². The fraction of sp³-hybridized carbons (Fsp3) is 0.586. The molecule has 0 saturated carbocycles. The van der Waals surface area contributed by atoms with E-state index in [4.69, 9.17) is 4.42 Å². The lowest BCUT2D eigenvalue weighted by Crippen LogP contribution is -2.52. The Balaban J connectivity index is 2.16. The first-order valence-corrected chi connectivity index (χ1v) is 15.0. The average molecular weight is 545 g/mol. The zero-order valence-corrected chi connectivity index (χ0v) is 24.9. The third-order valence-corrected chi connectivity index (χ3v) is 8.31. The molecule has 8 nitrogen and oxygen atoms in total. The minimum Gasteiger partial charge on any atom is -0.464 e. The smallest absolute Gasteiger partial charge is 0.244 e. The highest BCUT2D eigenvalue weighted by molar-refractivity contribution is 7.89. The van der Waals surface area contributed by atoms with E-state index in [9.17, 15) is 13.2 Å². The third kappa shape index (κ3) is 7.05. The van der Waals surface area contributed by atoms with Crippen LogP contribution in [-0.4, -0.2) is 52.2 Å². The Bertz CT molecular complexity index is 1300. The van der Waals surface area contributed by atoms with Crippen LogP contribution in [0.3, 0.4) is 0 Å². The number of aromatic nitrogens is 2. The van der Waals surface area contributed by atoms with Crippen molar-refractivity contribution in [1.29, 1.82) is 0 Å². The van der Waals surface area contributed by atoms with Crippen LogP contribution in [0.15, 0.2) is 52.4 Å². The molecular weight excluding hydrogens is 500 g/mol. The summed E-state index contributed by atoms with van der Waals surface area (Å²) in [6, 6.07) is 5.84. The quantitative estimate of drug-likeness (QED) is 0.265. The van der Waals surface area contributed by atoms with Crippen molar-refractivity contribution in [1.82, 2.24) is 18.8 Å². The Morgan fingerprint density at radius 3 is 2.21 bits per heavy atom. The number of amides is 1. The van der Waals surface area contributed by atoms with E-state index in [2.05, 4.69) is 32.7 Å². The van der Waals surface area contributed by atoms with Gasteiger partial charge in [-0.15, -0.1) is 0 Å². The van der Waals surface area contributed by atoms with Crippen LogP contribution in [-0.2, 0) is 21.4 Å². The molecule has 0 fully saturated rings. The van der Waals surface area contributed by atoms with Crippen LogP contribution in [0.2, 0.25) is 0 Å². The van der Waals surface area contributed by atoms with Gasteiger partial charge < -0.3 is 13.9 Å². The number of hydrogen-bond acceptors (Lipinski definition) is 5. The molecule has 3 aromatic rings. The summed E-state index contributed by atoms with van der Waals surface area (Å²) < 4.78 is 37.6. The molecule has 0 aliphatic carbocycles. The number of imidazole rings is 1.